The van der Waals surface area contributed by atoms with E-state index < -0.39 is 17.7 Å². The van der Waals surface area contributed by atoms with Gasteiger partial charge in [0.1, 0.15) is 12.4 Å². The quantitative estimate of drug-likeness (QED) is 0.454. The summed E-state index contributed by atoms with van der Waals surface area (Å²) in [5.74, 6) is -0.707. The van der Waals surface area contributed by atoms with E-state index in [0.717, 1.165) is 12.1 Å². The largest absolute Gasteiger partial charge is 0.508 e. The molecule has 2 aromatic carbocycles. The van der Waals surface area contributed by atoms with Crippen LogP contribution < -0.4 is 0 Å². The summed E-state index contributed by atoms with van der Waals surface area (Å²) in [6.07, 6.45) is -4.39. The van der Waals surface area contributed by atoms with E-state index in [-0.39, 0.29) is 24.5 Å². The molecular weight excluding hydrogens is 363 g/mol. The summed E-state index contributed by atoms with van der Waals surface area (Å²) in [7, 11) is 0. The number of halogens is 3. The fourth-order valence-electron chi connectivity index (χ4n) is 2.27. The molecule has 2 aromatic rings. The first kappa shape index (κ1) is 20.3. The first-order chi connectivity index (χ1) is 12.7. The molecule has 0 aliphatic rings. The number of rotatable bonds is 6. The molecule has 144 valence electrons. The average Bonchev–Trinajstić information content (AvgIpc) is 2.61. The van der Waals surface area contributed by atoms with Crippen molar-refractivity contribution in [2.45, 2.75) is 26.6 Å². The molecule has 0 aliphatic carbocycles. The van der Waals surface area contributed by atoms with Crippen molar-refractivity contribution in [3.05, 3.63) is 64.7 Å². The molecule has 0 atom stereocenters. The van der Waals surface area contributed by atoms with Gasteiger partial charge >= 0.3 is 12.1 Å². The van der Waals surface area contributed by atoms with Crippen LogP contribution in [0.5, 0.6) is 5.75 Å². The van der Waals surface area contributed by atoms with Crippen molar-refractivity contribution < 1.29 is 32.6 Å². The zero-order chi connectivity index (χ0) is 20.0. The smallest absolute Gasteiger partial charge is 0.416 e. The van der Waals surface area contributed by atoms with E-state index in [9.17, 15) is 23.1 Å². The Morgan fingerprint density at radius 1 is 1.11 bits per heavy atom. The summed E-state index contributed by atoms with van der Waals surface area (Å²) in [4.78, 5) is 17.2. The van der Waals surface area contributed by atoms with Crippen LogP contribution in [0.25, 0.3) is 0 Å². The van der Waals surface area contributed by atoms with Gasteiger partial charge in [0, 0.05) is 5.56 Å². The van der Waals surface area contributed by atoms with Crippen LogP contribution >= 0.6 is 0 Å². The minimum absolute atomic E-state index is 0.0394. The predicted molar refractivity (Wildman–Crippen MR) is 92.5 cm³/mol. The maximum absolute atomic E-state index is 12.5. The molecule has 0 radical (unpaired) electrons. The fourth-order valence-corrected chi connectivity index (χ4v) is 2.27. The summed E-state index contributed by atoms with van der Waals surface area (Å²) in [6.45, 7) is 3.40. The summed E-state index contributed by atoms with van der Waals surface area (Å²) in [5.41, 5.74) is 0.671. The minimum atomic E-state index is -4.39. The van der Waals surface area contributed by atoms with Crippen LogP contribution in [0.2, 0.25) is 0 Å². The van der Waals surface area contributed by atoms with Crippen molar-refractivity contribution in [3.8, 4) is 5.75 Å². The molecule has 8 heteroatoms. The van der Waals surface area contributed by atoms with Crippen molar-refractivity contribution in [1.82, 2.24) is 0 Å². The lowest BCUT2D eigenvalue weighted by atomic mass is 10.0. The molecule has 0 spiro atoms. The number of benzene rings is 2. The minimum Gasteiger partial charge on any atom is -0.508 e. The van der Waals surface area contributed by atoms with Crippen molar-refractivity contribution in [2.24, 2.45) is 5.16 Å². The third-order valence-electron chi connectivity index (χ3n) is 3.60. The first-order valence-corrected chi connectivity index (χ1v) is 8.05. The van der Waals surface area contributed by atoms with Gasteiger partial charge in [0.15, 0.2) is 0 Å². The number of carbonyl (C=O) groups is 1. The molecule has 0 saturated heterocycles. The van der Waals surface area contributed by atoms with Gasteiger partial charge in [-0.2, -0.15) is 13.2 Å². The zero-order valence-corrected chi connectivity index (χ0v) is 14.7. The standard InChI is InChI=1S/C19H18F3NO4/c1-3-26-18(25)17-10-15(24)8-9-16(17)12(2)23-27-11-13-4-6-14(7-5-13)19(20,21)22/h4-10,24H,3,11H2,1-2H3/b23-12+. The number of ether oxygens (including phenoxy) is 1. The number of hydrogen-bond donors (Lipinski definition) is 1. The van der Waals surface area contributed by atoms with Crippen LogP contribution in [0.15, 0.2) is 47.6 Å². The third kappa shape index (κ3) is 5.47. The van der Waals surface area contributed by atoms with E-state index in [1.165, 1.54) is 30.3 Å². The van der Waals surface area contributed by atoms with Gasteiger partial charge in [-0.25, -0.2) is 4.79 Å². The summed E-state index contributed by atoms with van der Waals surface area (Å²) >= 11 is 0. The van der Waals surface area contributed by atoms with E-state index in [2.05, 4.69) is 5.16 Å². The Morgan fingerprint density at radius 2 is 1.78 bits per heavy atom. The number of alkyl halides is 3. The van der Waals surface area contributed by atoms with Crippen LogP contribution in [0.1, 0.15) is 40.9 Å². The molecule has 0 saturated carbocycles. The Hall–Kier alpha value is -3.03. The summed E-state index contributed by atoms with van der Waals surface area (Å²) in [5, 5.41) is 13.5. The molecular formula is C19H18F3NO4. The number of carbonyl (C=O) groups excluding carboxylic acids is 1. The van der Waals surface area contributed by atoms with Crippen molar-refractivity contribution in [3.63, 3.8) is 0 Å². The highest BCUT2D eigenvalue weighted by Crippen LogP contribution is 2.29. The van der Waals surface area contributed by atoms with E-state index in [1.807, 2.05) is 0 Å². The Balaban J connectivity index is 2.11. The van der Waals surface area contributed by atoms with Crippen LogP contribution in [0.3, 0.4) is 0 Å². The van der Waals surface area contributed by atoms with Gasteiger partial charge in [0.2, 0.25) is 0 Å². The maximum atomic E-state index is 12.5. The lowest BCUT2D eigenvalue weighted by molar-refractivity contribution is -0.137. The Kier molecular flexibility index (Phi) is 6.44. The highest BCUT2D eigenvalue weighted by molar-refractivity contribution is 6.07. The van der Waals surface area contributed by atoms with Crippen LogP contribution in [0.4, 0.5) is 13.2 Å². The van der Waals surface area contributed by atoms with Crippen LogP contribution in [0, 0.1) is 0 Å². The molecule has 0 fully saturated rings. The van der Waals surface area contributed by atoms with Gasteiger partial charge in [-0.05, 0) is 49.7 Å². The van der Waals surface area contributed by atoms with Gasteiger partial charge in [-0.1, -0.05) is 17.3 Å². The Labute approximate surface area is 154 Å². The van der Waals surface area contributed by atoms with Gasteiger partial charge in [-0.3, -0.25) is 0 Å². The average molecular weight is 381 g/mol. The summed E-state index contributed by atoms with van der Waals surface area (Å²) in [6, 6.07) is 8.70. The normalized spacial score (nSPS) is 12.0. The molecule has 5 nitrogen and oxygen atoms in total. The maximum Gasteiger partial charge on any atom is 0.416 e. The molecule has 0 aliphatic heterocycles. The zero-order valence-electron chi connectivity index (χ0n) is 14.7. The second kappa shape index (κ2) is 8.57. The lowest BCUT2D eigenvalue weighted by Gasteiger charge is -2.10. The van der Waals surface area contributed by atoms with Crippen molar-refractivity contribution in [2.75, 3.05) is 6.61 Å². The number of esters is 1. The molecule has 27 heavy (non-hydrogen) atoms. The number of phenols is 1. The topological polar surface area (TPSA) is 68.1 Å². The van der Waals surface area contributed by atoms with E-state index in [4.69, 9.17) is 9.57 Å². The molecule has 0 unspecified atom stereocenters. The second-order valence-electron chi connectivity index (χ2n) is 5.60. The second-order valence-corrected chi connectivity index (χ2v) is 5.60. The fraction of sp³-hybridized carbons (Fsp3) is 0.263. The lowest BCUT2D eigenvalue weighted by Crippen LogP contribution is -2.11. The SMILES string of the molecule is CCOC(=O)c1cc(O)ccc1/C(C)=N/OCc1ccc(C(F)(F)F)cc1. The predicted octanol–water partition coefficient (Wildman–Crippen LogP) is 4.53. The Bertz CT molecular complexity index is 830. The van der Waals surface area contributed by atoms with E-state index >= 15 is 0 Å². The van der Waals surface area contributed by atoms with Crippen molar-refractivity contribution >= 4 is 11.7 Å². The van der Waals surface area contributed by atoms with Crippen LogP contribution in [-0.2, 0) is 22.4 Å². The third-order valence-corrected chi connectivity index (χ3v) is 3.60. The molecule has 0 aromatic heterocycles. The molecule has 1 N–H and O–H groups in total. The highest BCUT2D eigenvalue weighted by atomic mass is 19.4. The van der Waals surface area contributed by atoms with Crippen molar-refractivity contribution in [1.29, 1.82) is 0 Å². The molecule has 2 rings (SSSR count). The molecule has 0 heterocycles. The first-order valence-electron chi connectivity index (χ1n) is 8.05. The number of phenolic OH excluding ortho intramolecular Hbond substituents is 1. The van der Waals surface area contributed by atoms with Gasteiger partial charge in [0.05, 0.1) is 23.4 Å². The monoisotopic (exact) mass is 381 g/mol. The number of aromatic hydroxyl groups is 1. The molecule has 0 amide bonds. The van der Waals surface area contributed by atoms with E-state index in [1.54, 1.807) is 13.8 Å². The van der Waals surface area contributed by atoms with Gasteiger partial charge < -0.3 is 14.7 Å². The number of oxime groups is 1. The number of nitrogens with zero attached hydrogens (tertiary/aromatic N) is 1. The Morgan fingerprint density at radius 3 is 2.37 bits per heavy atom. The number of hydrogen-bond acceptors (Lipinski definition) is 5. The van der Waals surface area contributed by atoms with Crippen LogP contribution in [-0.4, -0.2) is 23.4 Å². The highest BCUT2D eigenvalue weighted by Gasteiger charge is 2.29. The van der Waals surface area contributed by atoms with E-state index in [0.29, 0.717) is 16.8 Å². The van der Waals surface area contributed by atoms with Gasteiger partial charge in [0.25, 0.3) is 0 Å². The van der Waals surface area contributed by atoms with Gasteiger partial charge in [-0.15, -0.1) is 0 Å². The molecule has 0 bridgehead atoms. The summed E-state index contributed by atoms with van der Waals surface area (Å²) < 4.78 is 42.6.